The molecule has 2 heterocycles. The molecule has 3 heteroatoms. The average Bonchev–Trinajstić information content (AvgIpc) is 3.97. The van der Waals surface area contributed by atoms with Crippen LogP contribution in [0.25, 0.3) is 99.5 Å². The molecule has 0 amide bonds. The Bertz CT molecular complexity index is 4020. The van der Waals surface area contributed by atoms with E-state index in [4.69, 9.17) is 4.42 Å². The van der Waals surface area contributed by atoms with E-state index < -0.39 is 0 Å². The van der Waals surface area contributed by atoms with Crippen LogP contribution in [0.15, 0.2) is 266 Å². The van der Waals surface area contributed by atoms with Crippen LogP contribution in [0.4, 0.5) is 17.1 Å². The van der Waals surface area contributed by atoms with Crippen molar-refractivity contribution in [3.63, 3.8) is 0 Å². The Kier molecular flexibility index (Phi) is 10.1. The van der Waals surface area contributed by atoms with Crippen LogP contribution < -0.4 is 4.90 Å². The maximum atomic E-state index is 6.57. The SMILES string of the molecule is C=C1/C=C\C=C/Cc2ccccc2-c2cc(-c3ccc(-n4c5ccc(-c6ccccc6)cc5c5cc(-c6ccc(N(c7ccccc7)c7cccc8c7oc7ccccc78)cc6)ccc54)cc3)ccc21. The molecule has 70 heavy (non-hydrogen) atoms. The number of nitrogens with zero attached hydrogens (tertiary/aromatic N) is 2. The number of aromatic nitrogens is 1. The van der Waals surface area contributed by atoms with Gasteiger partial charge in [-0.15, -0.1) is 0 Å². The summed E-state index contributed by atoms with van der Waals surface area (Å²) in [6, 6.07) is 83.3. The minimum Gasteiger partial charge on any atom is -0.454 e. The normalized spacial score (nSPS) is 13.3. The van der Waals surface area contributed by atoms with Gasteiger partial charge in [0.2, 0.25) is 0 Å². The van der Waals surface area contributed by atoms with E-state index in [1.54, 1.807) is 0 Å². The highest BCUT2D eigenvalue weighted by Crippen LogP contribution is 2.44. The van der Waals surface area contributed by atoms with Gasteiger partial charge < -0.3 is 13.9 Å². The molecule has 0 saturated heterocycles. The van der Waals surface area contributed by atoms with E-state index in [1.807, 2.05) is 12.1 Å². The topological polar surface area (TPSA) is 21.3 Å². The summed E-state index contributed by atoms with van der Waals surface area (Å²) in [5.74, 6) is 0. The highest BCUT2D eigenvalue weighted by molar-refractivity contribution is 6.12. The summed E-state index contributed by atoms with van der Waals surface area (Å²) in [5, 5.41) is 4.63. The fraction of sp³-hybridized carbons (Fsp3) is 0.0149. The predicted molar refractivity (Wildman–Crippen MR) is 296 cm³/mol. The Morgan fingerprint density at radius 1 is 0.414 bits per heavy atom. The Labute approximate surface area is 407 Å². The van der Waals surface area contributed by atoms with Gasteiger partial charge >= 0.3 is 0 Å². The third-order valence-electron chi connectivity index (χ3n) is 14.0. The van der Waals surface area contributed by atoms with Crippen molar-refractivity contribution in [3.05, 3.63) is 273 Å². The Morgan fingerprint density at radius 2 is 1.00 bits per heavy atom. The third kappa shape index (κ3) is 7.15. The molecule has 0 saturated carbocycles. The van der Waals surface area contributed by atoms with Crippen molar-refractivity contribution < 1.29 is 4.42 Å². The summed E-state index contributed by atoms with van der Waals surface area (Å²) < 4.78 is 8.99. The first-order valence-electron chi connectivity index (χ1n) is 24.0. The summed E-state index contributed by atoms with van der Waals surface area (Å²) in [6.45, 7) is 4.46. The number of rotatable bonds is 7. The standard InChI is InChI=1S/C67H46N2O/c1-45-16-5-2-8-19-49-20-11-12-23-57(49)60-42-50(32-39-56(45)60)47-30-37-55(38-31-47)69-63-40-33-51(46-17-6-3-7-18-46)43-61(63)62-44-52(34-41-64(62)69)48-28-35-54(36-29-48)68(53-21-9-4-10-22-53)65-26-15-25-59-58-24-13-14-27-66(58)70-67(59)65/h2-18,20-44H,1,19H2/b8-2-,16-5-. The van der Waals surface area contributed by atoms with E-state index in [0.717, 1.165) is 78.9 Å². The number of hydrogen-bond donors (Lipinski definition) is 0. The summed E-state index contributed by atoms with van der Waals surface area (Å²) in [7, 11) is 0. The maximum absolute atomic E-state index is 6.57. The van der Waals surface area contributed by atoms with Crippen LogP contribution in [0.5, 0.6) is 0 Å². The van der Waals surface area contributed by atoms with Crippen molar-refractivity contribution in [1.29, 1.82) is 0 Å². The van der Waals surface area contributed by atoms with Crippen LogP contribution in [0, 0.1) is 0 Å². The number of fused-ring (bicyclic) bond motifs is 9. The average molecular weight is 895 g/mol. The lowest BCUT2D eigenvalue weighted by molar-refractivity contribution is 0.669. The number of allylic oxidation sites excluding steroid dienone is 5. The zero-order valence-electron chi connectivity index (χ0n) is 38.5. The molecule has 0 aliphatic heterocycles. The van der Waals surface area contributed by atoms with Gasteiger partial charge in [-0.2, -0.15) is 0 Å². The van der Waals surface area contributed by atoms with Crippen molar-refractivity contribution in [2.75, 3.05) is 4.90 Å². The fourth-order valence-corrected chi connectivity index (χ4v) is 10.5. The van der Waals surface area contributed by atoms with Gasteiger partial charge in [0, 0.05) is 38.6 Å². The number of furan rings is 1. The smallest absolute Gasteiger partial charge is 0.159 e. The molecule has 0 spiro atoms. The Hall–Kier alpha value is -9.18. The lowest BCUT2D eigenvalue weighted by Gasteiger charge is -2.25. The first kappa shape index (κ1) is 41.0. The van der Waals surface area contributed by atoms with Crippen molar-refractivity contribution in [2.45, 2.75) is 6.42 Å². The van der Waals surface area contributed by atoms with Crippen molar-refractivity contribution in [1.82, 2.24) is 4.57 Å². The molecule has 330 valence electrons. The molecule has 12 aromatic rings. The molecule has 0 fully saturated rings. The number of para-hydroxylation sites is 3. The quantitative estimate of drug-likeness (QED) is 0.159. The first-order chi connectivity index (χ1) is 34.6. The zero-order chi connectivity index (χ0) is 46.5. The first-order valence-corrected chi connectivity index (χ1v) is 24.0. The van der Waals surface area contributed by atoms with Crippen LogP contribution in [-0.2, 0) is 6.42 Å². The summed E-state index contributed by atoms with van der Waals surface area (Å²) in [6.07, 6.45) is 9.41. The summed E-state index contributed by atoms with van der Waals surface area (Å²) in [5.41, 5.74) is 21.3. The van der Waals surface area contributed by atoms with Crippen molar-refractivity contribution in [2.24, 2.45) is 0 Å². The van der Waals surface area contributed by atoms with Gasteiger partial charge in [-0.05, 0) is 146 Å². The fourth-order valence-electron chi connectivity index (χ4n) is 10.5. The van der Waals surface area contributed by atoms with Gasteiger partial charge in [-0.1, -0.05) is 183 Å². The molecule has 13 rings (SSSR count). The molecule has 2 aromatic heterocycles. The number of benzene rings is 10. The molecule has 0 unspecified atom stereocenters. The maximum Gasteiger partial charge on any atom is 0.159 e. The molecular weight excluding hydrogens is 849 g/mol. The molecule has 1 aliphatic rings. The molecule has 10 aromatic carbocycles. The van der Waals surface area contributed by atoms with Gasteiger partial charge in [0.15, 0.2) is 5.58 Å². The van der Waals surface area contributed by atoms with Gasteiger partial charge in [0.05, 0.1) is 16.7 Å². The lowest BCUT2D eigenvalue weighted by Crippen LogP contribution is -2.10. The van der Waals surface area contributed by atoms with Gasteiger partial charge in [-0.25, -0.2) is 0 Å². The van der Waals surface area contributed by atoms with Crippen LogP contribution in [0.3, 0.4) is 0 Å². The second-order valence-corrected chi connectivity index (χ2v) is 18.1. The predicted octanol–water partition coefficient (Wildman–Crippen LogP) is 18.5. The van der Waals surface area contributed by atoms with Crippen LogP contribution in [0.1, 0.15) is 11.1 Å². The van der Waals surface area contributed by atoms with Gasteiger partial charge in [-0.3, -0.25) is 0 Å². The Balaban J connectivity index is 0.898. The van der Waals surface area contributed by atoms with Crippen LogP contribution in [0.2, 0.25) is 0 Å². The number of anilines is 3. The van der Waals surface area contributed by atoms with E-state index in [0.29, 0.717) is 0 Å². The van der Waals surface area contributed by atoms with Crippen molar-refractivity contribution >= 4 is 66.4 Å². The van der Waals surface area contributed by atoms with E-state index in [-0.39, 0.29) is 0 Å². The minimum absolute atomic E-state index is 0.867. The molecule has 1 aliphatic carbocycles. The molecule has 3 nitrogen and oxygen atoms in total. The zero-order valence-corrected chi connectivity index (χ0v) is 38.5. The second kappa shape index (κ2) is 17.2. The molecular formula is C67H46N2O. The monoisotopic (exact) mass is 894 g/mol. The van der Waals surface area contributed by atoms with E-state index >= 15 is 0 Å². The van der Waals surface area contributed by atoms with Gasteiger partial charge in [0.1, 0.15) is 5.58 Å². The molecule has 0 N–H and O–H groups in total. The van der Waals surface area contributed by atoms with E-state index in [2.05, 4.69) is 259 Å². The lowest BCUT2D eigenvalue weighted by atomic mass is 9.88. The van der Waals surface area contributed by atoms with E-state index in [1.165, 1.54) is 55.2 Å². The molecule has 0 atom stereocenters. The highest BCUT2D eigenvalue weighted by atomic mass is 16.3. The van der Waals surface area contributed by atoms with Crippen LogP contribution >= 0.6 is 0 Å². The highest BCUT2D eigenvalue weighted by Gasteiger charge is 2.21. The van der Waals surface area contributed by atoms with E-state index in [9.17, 15) is 0 Å². The largest absolute Gasteiger partial charge is 0.454 e. The van der Waals surface area contributed by atoms with Crippen molar-refractivity contribution in [3.8, 4) is 50.2 Å². The van der Waals surface area contributed by atoms with Crippen LogP contribution in [-0.4, -0.2) is 4.57 Å². The van der Waals surface area contributed by atoms with Gasteiger partial charge in [0.25, 0.3) is 0 Å². The summed E-state index contributed by atoms with van der Waals surface area (Å²) >= 11 is 0. The number of hydrogen-bond acceptors (Lipinski definition) is 2. The Morgan fingerprint density at radius 3 is 1.76 bits per heavy atom. The minimum atomic E-state index is 0.867. The molecule has 0 radical (unpaired) electrons. The third-order valence-corrected chi connectivity index (χ3v) is 14.0. The second-order valence-electron chi connectivity index (χ2n) is 18.1. The summed E-state index contributed by atoms with van der Waals surface area (Å²) in [4.78, 5) is 2.29. The molecule has 0 bridgehead atoms.